The first-order valence-electron chi connectivity index (χ1n) is 10.5. The molecular formula is C24H33N3O4. The number of ether oxygens (including phenoxy) is 1. The third-order valence-electron chi connectivity index (χ3n) is 4.86. The van der Waals surface area contributed by atoms with E-state index in [9.17, 15) is 14.7 Å². The molecule has 0 radical (unpaired) electrons. The minimum absolute atomic E-state index is 0.133. The minimum Gasteiger partial charge on any atom is -0.508 e. The number of alkyl carbamates (subject to hydrolysis) is 1. The van der Waals surface area contributed by atoms with Crippen LogP contribution in [-0.4, -0.2) is 34.2 Å². The number of phenols is 1. The molecule has 2 aromatic rings. The van der Waals surface area contributed by atoms with Gasteiger partial charge in [0.15, 0.2) is 5.60 Å². The van der Waals surface area contributed by atoms with E-state index in [1.807, 2.05) is 26.0 Å². The number of phenolic OH excluding ortho intramolecular Hbond substituents is 1. The Labute approximate surface area is 184 Å². The fourth-order valence-corrected chi connectivity index (χ4v) is 3.27. The van der Waals surface area contributed by atoms with Gasteiger partial charge in [-0.1, -0.05) is 26.0 Å². The molecule has 168 valence electrons. The van der Waals surface area contributed by atoms with Crippen molar-refractivity contribution in [3.05, 3.63) is 58.9 Å². The zero-order valence-corrected chi connectivity index (χ0v) is 19.0. The Morgan fingerprint density at radius 2 is 1.68 bits per heavy atom. The van der Waals surface area contributed by atoms with E-state index >= 15 is 0 Å². The molecule has 0 fully saturated rings. The summed E-state index contributed by atoms with van der Waals surface area (Å²) in [6.07, 6.45) is 0.336. The monoisotopic (exact) mass is 427 g/mol. The van der Waals surface area contributed by atoms with Crippen LogP contribution in [0.5, 0.6) is 5.75 Å². The van der Waals surface area contributed by atoms with Gasteiger partial charge >= 0.3 is 6.09 Å². The highest BCUT2D eigenvalue weighted by Crippen LogP contribution is 2.21. The second kappa shape index (κ2) is 10.8. The molecule has 0 aliphatic carbocycles. The molecule has 0 aliphatic rings. The second-order valence-corrected chi connectivity index (χ2v) is 8.51. The zero-order chi connectivity index (χ0) is 23.0. The van der Waals surface area contributed by atoms with Crippen molar-refractivity contribution in [1.29, 1.82) is 0 Å². The lowest BCUT2D eigenvalue weighted by Crippen LogP contribution is -2.51. The Balaban J connectivity index is 2.09. The predicted octanol–water partition coefficient (Wildman–Crippen LogP) is 3.79. The zero-order valence-electron chi connectivity index (χ0n) is 19.0. The van der Waals surface area contributed by atoms with E-state index < -0.39 is 11.7 Å². The van der Waals surface area contributed by atoms with Crippen LogP contribution in [-0.2, 0) is 22.5 Å². The fourth-order valence-electron chi connectivity index (χ4n) is 3.27. The van der Waals surface area contributed by atoms with E-state index in [1.165, 1.54) is 0 Å². The van der Waals surface area contributed by atoms with Gasteiger partial charge in [0.1, 0.15) is 5.75 Å². The number of hydrogen-bond acceptors (Lipinski definition) is 5. The maximum atomic E-state index is 12.9. The van der Waals surface area contributed by atoms with Crippen molar-refractivity contribution in [1.82, 2.24) is 15.6 Å². The molecular weight excluding hydrogens is 394 g/mol. The summed E-state index contributed by atoms with van der Waals surface area (Å²) in [6.45, 7) is 10.3. The van der Waals surface area contributed by atoms with Crippen molar-refractivity contribution in [3.63, 3.8) is 0 Å². The average molecular weight is 428 g/mol. The Bertz CT molecular complexity index is 876. The van der Waals surface area contributed by atoms with Gasteiger partial charge in [-0.25, -0.2) is 4.79 Å². The van der Waals surface area contributed by atoms with Crippen molar-refractivity contribution in [2.45, 2.75) is 59.6 Å². The smallest absolute Gasteiger partial charge is 0.408 e. The highest BCUT2D eigenvalue weighted by molar-refractivity contribution is 5.87. The first-order valence-corrected chi connectivity index (χ1v) is 10.5. The lowest BCUT2D eigenvalue weighted by atomic mass is 9.95. The number of rotatable bonds is 9. The molecule has 31 heavy (non-hydrogen) atoms. The van der Waals surface area contributed by atoms with E-state index in [2.05, 4.69) is 29.5 Å². The molecule has 1 aromatic carbocycles. The summed E-state index contributed by atoms with van der Waals surface area (Å²) in [4.78, 5) is 29.8. The number of hydrogen-bond donors (Lipinski definition) is 3. The van der Waals surface area contributed by atoms with Crippen LogP contribution in [0.1, 0.15) is 49.7 Å². The third kappa shape index (κ3) is 7.92. The van der Waals surface area contributed by atoms with Gasteiger partial charge in [0.2, 0.25) is 0 Å². The molecule has 0 bridgehead atoms. The van der Waals surface area contributed by atoms with Crippen molar-refractivity contribution in [3.8, 4) is 5.75 Å². The summed E-state index contributed by atoms with van der Waals surface area (Å²) in [6, 6.07) is 10.3. The minimum atomic E-state index is -1.40. The van der Waals surface area contributed by atoms with E-state index in [-0.39, 0.29) is 24.6 Å². The fraction of sp³-hybridized carbons (Fsp3) is 0.458. The van der Waals surface area contributed by atoms with Crippen LogP contribution in [0.2, 0.25) is 0 Å². The van der Waals surface area contributed by atoms with Crippen LogP contribution in [0.15, 0.2) is 36.4 Å². The van der Waals surface area contributed by atoms with Crippen molar-refractivity contribution < 1.29 is 19.4 Å². The van der Waals surface area contributed by atoms with Gasteiger partial charge in [-0.05, 0) is 68.5 Å². The van der Waals surface area contributed by atoms with Crippen LogP contribution >= 0.6 is 0 Å². The maximum Gasteiger partial charge on any atom is 0.408 e. The summed E-state index contributed by atoms with van der Waals surface area (Å²) in [5, 5.41) is 15.1. The van der Waals surface area contributed by atoms with E-state index in [0.717, 1.165) is 28.9 Å². The molecule has 1 atom stereocenters. The molecule has 0 saturated carbocycles. The molecule has 0 spiro atoms. The maximum absolute atomic E-state index is 12.9. The van der Waals surface area contributed by atoms with Crippen LogP contribution in [0, 0.1) is 19.8 Å². The van der Waals surface area contributed by atoms with Crippen molar-refractivity contribution in [2.75, 3.05) is 6.54 Å². The van der Waals surface area contributed by atoms with Crippen LogP contribution < -0.4 is 10.6 Å². The standard InChI is InChI=1S/C24H33N3O4/c1-16(2)10-11-25-22(29)24(5,14-19-6-8-21(28)9-7-19)31-23(30)26-15-20-12-17(3)27-18(4)13-20/h6-9,12-13,16,28H,10-11,14-15H2,1-5H3,(H,25,29)(H,26,30)/t24-/m0/s1. The largest absolute Gasteiger partial charge is 0.508 e. The average Bonchev–Trinajstić information content (AvgIpc) is 2.67. The molecule has 1 heterocycles. The Hall–Kier alpha value is -3.09. The van der Waals surface area contributed by atoms with Crippen LogP contribution in [0.4, 0.5) is 4.79 Å². The van der Waals surface area contributed by atoms with E-state index in [0.29, 0.717) is 12.5 Å². The highest BCUT2D eigenvalue weighted by Gasteiger charge is 2.37. The summed E-state index contributed by atoms with van der Waals surface area (Å²) in [5.41, 5.74) is 2.01. The Morgan fingerprint density at radius 3 is 2.26 bits per heavy atom. The van der Waals surface area contributed by atoms with Gasteiger partial charge < -0.3 is 20.5 Å². The lowest BCUT2D eigenvalue weighted by molar-refractivity contribution is -0.138. The van der Waals surface area contributed by atoms with Gasteiger partial charge in [0.05, 0.1) is 0 Å². The molecule has 7 nitrogen and oxygen atoms in total. The van der Waals surface area contributed by atoms with Crippen LogP contribution in [0.3, 0.4) is 0 Å². The molecule has 2 amide bonds. The first-order chi connectivity index (χ1) is 14.6. The van der Waals surface area contributed by atoms with E-state index in [4.69, 9.17) is 4.74 Å². The highest BCUT2D eigenvalue weighted by atomic mass is 16.6. The molecule has 2 rings (SSSR count). The predicted molar refractivity (Wildman–Crippen MR) is 120 cm³/mol. The number of pyridine rings is 1. The van der Waals surface area contributed by atoms with Crippen molar-refractivity contribution in [2.24, 2.45) is 5.92 Å². The van der Waals surface area contributed by atoms with Gasteiger partial charge in [-0.3, -0.25) is 9.78 Å². The first kappa shape index (κ1) is 24.2. The molecule has 0 aliphatic heterocycles. The summed E-state index contributed by atoms with van der Waals surface area (Å²) < 4.78 is 5.63. The number of amides is 2. The number of nitrogens with zero attached hydrogens (tertiary/aromatic N) is 1. The van der Waals surface area contributed by atoms with Gasteiger partial charge in [0, 0.05) is 30.9 Å². The van der Waals surface area contributed by atoms with E-state index in [1.54, 1.807) is 31.2 Å². The summed E-state index contributed by atoms with van der Waals surface area (Å²) in [5.74, 6) is 0.223. The molecule has 0 saturated heterocycles. The third-order valence-corrected chi connectivity index (χ3v) is 4.86. The quantitative estimate of drug-likeness (QED) is 0.565. The van der Waals surface area contributed by atoms with Gasteiger partial charge in [0.25, 0.3) is 5.91 Å². The number of nitrogens with one attached hydrogen (secondary N) is 2. The van der Waals surface area contributed by atoms with Crippen LogP contribution in [0.25, 0.3) is 0 Å². The Morgan fingerprint density at radius 1 is 1.06 bits per heavy atom. The summed E-state index contributed by atoms with van der Waals surface area (Å²) >= 11 is 0. The SMILES string of the molecule is Cc1cc(CNC(=O)O[C@@](C)(Cc2ccc(O)cc2)C(=O)NCCC(C)C)cc(C)n1. The second-order valence-electron chi connectivity index (χ2n) is 8.51. The molecule has 1 aromatic heterocycles. The number of carbonyl (C=O) groups is 2. The van der Waals surface area contributed by atoms with Crippen molar-refractivity contribution >= 4 is 12.0 Å². The van der Waals surface area contributed by atoms with Gasteiger partial charge in [-0.15, -0.1) is 0 Å². The molecule has 7 heteroatoms. The normalized spacial score (nSPS) is 12.8. The lowest BCUT2D eigenvalue weighted by Gasteiger charge is -2.29. The number of carbonyl (C=O) groups excluding carboxylic acids is 2. The number of aryl methyl sites for hydroxylation is 2. The Kier molecular flexibility index (Phi) is 8.42. The number of aromatic nitrogens is 1. The topological polar surface area (TPSA) is 101 Å². The molecule has 0 unspecified atom stereocenters. The molecule has 3 N–H and O–H groups in total. The van der Waals surface area contributed by atoms with Gasteiger partial charge in [-0.2, -0.15) is 0 Å². The summed E-state index contributed by atoms with van der Waals surface area (Å²) in [7, 11) is 0. The number of aromatic hydroxyl groups is 1. The number of benzene rings is 1.